The molecule has 2 heterocycles. The summed E-state index contributed by atoms with van der Waals surface area (Å²) in [5.41, 5.74) is 0. The van der Waals surface area contributed by atoms with E-state index in [1.54, 1.807) is 0 Å². The molecule has 4 nitrogen and oxygen atoms in total. The summed E-state index contributed by atoms with van der Waals surface area (Å²) in [7, 11) is 0. The highest BCUT2D eigenvalue weighted by atomic mass is 16.4. The van der Waals surface area contributed by atoms with Crippen molar-refractivity contribution in [3.8, 4) is 0 Å². The molecule has 1 saturated carbocycles. The van der Waals surface area contributed by atoms with Crippen molar-refractivity contribution < 1.29 is 4.42 Å². The molecular weight excluding hydrogens is 190 g/mol. The van der Waals surface area contributed by atoms with Crippen LogP contribution < -0.4 is 5.32 Å². The van der Waals surface area contributed by atoms with Crippen LogP contribution in [0.15, 0.2) is 4.42 Å². The van der Waals surface area contributed by atoms with Crippen LogP contribution in [0.1, 0.15) is 62.3 Å². The van der Waals surface area contributed by atoms with Gasteiger partial charge >= 0.3 is 0 Å². The molecule has 1 aromatic rings. The van der Waals surface area contributed by atoms with Gasteiger partial charge in [0.15, 0.2) is 0 Å². The summed E-state index contributed by atoms with van der Waals surface area (Å²) < 4.78 is 5.74. The van der Waals surface area contributed by atoms with E-state index in [0.717, 1.165) is 24.7 Å². The molecule has 0 amide bonds. The van der Waals surface area contributed by atoms with Crippen LogP contribution in [-0.4, -0.2) is 16.7 Å². The van der Waals surface area contributed by atoms with E-state index in [0.29, 0.717) is 12.0 Å². The lowest BCUT2D eigenvalue weighted by Crippen LogP contribution is -2.26. The van der Waals surface area contributed by atoms with E-state index in [-0.39, 0.29) is 0 Å². The van der Waals surface area contributed by atoms with Crippen LogP contribution >= 0.6 is 0 Å². The second-order valence-electron chi connectivity index (χ2n) is 4.61. The summed E-state index contributed by atoms with van der Waals surface area (Å²) in [6, 6.07) is 0.306. The topological polar surface area (TPSA) is 51.0 Å². The summed E-state index contributed by atoms with van der Waals surface area (Å²) in [5, 5.41) is 11.7. The van der Waals surface area contributed by atoms with Crippen molar-refractivity contribution in [3.63, 3.8) is 0 Å². The number of rotatable bonds is 2. The van der Waals surface area contributed by atoms with Crippen molar-refractivity contribution >= 4 is 0 Å². The predicted molar refractivity (Wildman–Crippen MR) is 55.5 cm³/mol. The largest absolute Gasteiger partial charge is 0.423 e. The summed E-state index contributed by atoms with van der Waals surface area (Å²) in [4.78, 5) is 0. The zero-order valence-electron chi connectivity index (χ0n) is 8.91. The van der Waals surface area contributed by atoms with Crippen molar-refractivity contribution in [2.75, 3.05) is 6.54 Å². The first-order valence-electron chi connectivity index (χ1n) is 6.00. The fourth-order valence-corrected chi connectivity index (χ4v) is 2.27. The summed E-state index contributed by atoms with van der Waals surface area (Å²) in [6.45, 7) is 1.08. The van der Waals surface area contributed by atoms with Gasteiger partial charge in [-0.3, -0.25) is 0 Å². The third-order valence-corrected chi connectivity index (χ3v) is 3.52. The van der Waals surface area contributed by atoms with Gasteiger partial charge in [0, 0.05) is 5.92 Å². The first-order chi connectivity index (χ1) is 7.43. The maximum absolute atomic E-state index is 5.74. The Morgan fingerprint density at radius 3 is 2.53 bits per heavy atom. The quantitative estimate of drug-likeness (QED) is 0.807. The minimum absolute atomic E-state index is 0.306. The molecule has 1 aliphatic carbocycles. The van der Waals surface area contributed by atoms with Crippen LogP contribution in [0, 0.1) is 0 Å². The fraction of sp³-hybridized carbons (Fsp3) is 0.818. The Morgan fingerprint density at radius 2 is 1.87 bits per heavy atom. The van der Waals surface area contributed by atoms with Gasteiger partial charge in [-0.05, 0) is 32.2 Å². The minimum Gasteiger partial charge on any atom is -0.423 e. The van der Waals surface area contributed by atoms with E-state index in [1.807, 2.05) is 0 Å². The molecule has 1 atom stereocenters. The number of aromatic nitrogens is 2. The van der Waals surface area contributed by atoms with Crippen molar-refractivity contribution in [2.24, 2.45) is 0 Å². The molecule has 1 aliphatic heterocycles. The van der Waals surface area contributed by atoms with Crippen LogP contribution in [0.3, 0.4) is 0 Å². The SMILES string of the molecule is C1CC[C@@H](c2nnc(C3CCC3)o2)NC1. The van der Waals surface area contributed by atoms with Gasteiger partial charge < -0.3 is 9.73 Å². The Kier molecular flexibility index (Phi) is 2.44. The normalized spacial score (nSPS) is 27.6. The van der Waals surface area contributed by atoms with E-state index in [9.17, 15) is 0 Å². The van der Waals surface area contributed by atoms with Gasteiger partial charge in [0.25, 0.3) is 0 Å². The smallest absolute Gasteiger partial charge is 0.233 e. The molecule has 2 aliphatic rings. The fourth-order valence-electron chi connectivity index (χ4n) is 2.27. The average molecular weight is 207 g/mol. The highest BCUT2D eigenvalue weighted by Gasteiger charge is 2.27. The molecule has 15 heavy (non-hydrogen) atoms. The van der Waals surface area contributed by atoms with Gasteiger partial charge in [0.1, 0.15) is 0 Å². The lowest BCUT2D eigenvalue weighted by molar-refractivity contribution is 0.292. The predicted octanol–water partition coefficient (Wildman–Crippen LogP) is 2.15. The number of hydrogen-bond acceptors (Lipinski definition) is 4. The molecule has 82 valence electrons. The maximum atomic E-state index is 5.74. The second kappa shape index (κ2) is 3.93. The molecule has 0 radical (unpaired) electrons. The standard InChI is InChI=1S/C11H17N3O/c1-2-7-12-9(6-1)11-14-13-10(15-11)8-4-3-5-8/h8-9,12H,1-7H2/t9-/m0/s1. The lowest BCUT2D eigenvalue weighted by atomic mass is 9.85. The number of piperidine rings is 1. The van der Waals surface area contributed by atoms with Gasteiger partial charge in [-0.25, -0.2) is 0 Å². The van der Waals surface area contributed by atoms with E-state index >= 15 is 0 Å². The van der Waals surface area contributed by atoms with Crippen LogP contribution in [0.2, 0.25) is 0 Å². The van der Waals surface area contributed by atoms with E-state index in [4.69, 9.17) is 4.42 Å². The number of nitrogens with zero attached hydrogens (tertiary/aromatic N) is 2. The van der Waals surface area contributed by atoms with Crippen molar-refractivity contribution in [3.05, 3.63) is 11.8 Å². The molecular formula is C11H17N3O. The molecule has 0 spiro atoms. The second-order valence-corrected chi connectivity index (χ2v) is 4.61. The molecule has 1 N–H and O–H groups in total. The Hall–Kier alpha value is -0.900. The first kappa shape index (κ1) is 9.33. The average Bonchev–Trinajstić information content (AvgIpc) is 2.66. The minimum atomic E-state index is 0.306. The molecule has 0 aromatic carbocycles. The maximum Gasteiger partial charge on any atom is 0.233 e. The summed E-state index contributed by atoms with van der Waals surface area (Å²) >= 11 is 0. The van der Waals surface area contributed by atoms with E-state index in [2.05, 4.69) is 15.5 Å². The highest BCUT2D eigenvalue weighted by molar-refractivity contribution is 4.99. The van der Waals surface area contributed by atoms with Gasteiger partial charge in [-0.1, -0.05) is 12.8 Å². The van der Waals surface area contributed by atoms with E-state index < -0.39 is 0 Å². The highest BCUT2D eigenvalue weighted by Crippen LogP contribution is 2.36. The molecule has 0 bridgehead atoms. The Balaban J connectivity index is 1.71. The molecule has 0 unspecified atom stereocenters. The monoisotopic (exact) mass is 207 g/mol. The van der Waals surface area contributed by atoms with Crippen molar-refractivity contribution in [2.45, 2.75) is 50.5 Å². The Morgan fingerprint density at radius 1 is 1.00 bits per heavy atom. The van der Waals surface area contributed by atoms with Gasteiger partial charge in [0.05, 0.1) is 6.04 Å². The molecule has 2 fully saturated rings. The van der Waals surface area contributed by atoms with Crippen LogP contribution in [-0.2, 0) is 0 Å². The van der Waals surface area contributed by atoms with E-state index in [1.165, 1.54) is 32.1 Å². The van der Waals surface area contributed by atoms with Crippen molar-refractivity contribution in [1.82, 2.24) is 15.5 Å². The third kappa shape index (κ3) is 1.78. The van der Waals surface area contributed by atoms with Crippen LogP contribution in [0.4, 0.5) is 0 Å². The number of hydrogen-bond donors (Lipinski definition) is 1. The summed E-state index contributed by atoms with van der Waals surface area (Å²) in [6.07, 6.45) is 7.41. The molecule has 1 saturated heterocycles. The molecule has 4 heteroatoms. The van der Waals surface area contributed by atoms with Crippen LogP contribution in [0.5, 0.6) is 0 Å². The lowest BCUT2D eigenvalue weighted by Gasteiger charge is -2.22. The Bertz CT molecular complexity index is 326. The molecule has 3 rings (SSSR count). The third-order valence-electron chi connectivity index (χ3n) is 3.52. The Labute approximate surface area is 89.5 Å². The van der Waals surface area contributed by atoms with Crippen LogP contribution in [0.25, 0.3) is 0 Å². The van der Waals surface area contributed by atoms with Gasteiger partial charge in [0.2, 0.25) is 11.8 Å². The molecule has 1 aromatic heterocycles. The number of nitrogens with one attached hydrogen (secondary N) is 1. The zero-order chi connectivity index (χ0) is 10.1. The van der Waals surface area contributed by atoms with Gasteiger partial charge in [-0.2, -0.15) is 0 Å². The van der Waals surface area contributed by atoms with Crippen molar-refractivity contribution in [1.29, 1.82) is 0 Å². The first-order valence-corrected chi connectivity index (χ1v) is 6.00. The summed E-state index contributed by atoms with van der Waals surface area (Å²) in [5.74, 6) is 2.22. The zero-order valence-corrected chi connectivity index (χ0v) is 8.91. The van der Waals surface area contributed by atoms with Gasteiger partial charge in [-0.15, -0.1) is 10.2 Å².